The van der Waals surface area contributed by atoms with Gasteiger partial charge in [-0.15, -0.1) is 0 Å². The van der Waals surface area contributed by atoms with E-state index in [0.29, 0.717) is 10.1 Å². The van der Waals surface area contributed by atoms with Crippen LogP contribution in [0.15, 0.2) is 0 Å². The summed E-state index contributed by atoms with van der Waals surface area (Å²) < 4.78 is 0. The first-order valence-corrected chi connectivity index (χ1v) is 8.02. The summed E-state index contributed by atoms with van der Waals surface area (Å²) in [7, 11) is -0.666. The predicted molar refractivity (Wildman–Crippen MR) is 70.8 cm³/mol. The van der Waals surface area contributed by atoms with Gasteiger partial charge in [0.15, 0.2) is 0 Å². The lowest BCUT2D eigenvalue weighted by molar-refractivity contribution is 0.584. The first-order valence-electron chi connectivity index (χ1n) is 6.05. The molecule has 0 unspecified atom stereocenters. The van der Waals surface area contributed by atoms with Gasteiger partial charge in [-0.3, -0.25) is 0 Å². The Labute approximate surface area is 93.1 Å². The van der Waals surface area contributed by atoms with E-state index in [1.165, 1.54) is 12.5 Å². The molecule has 0 amide bonds. The summed E-state index contributed by atoms with van der Waals surface area (Å²) in [5.74, 6) is 0.870. The Morgan fingerprint density at radius 1 is 0.857 bits per heavy atom. The molecule has 0 bridgehead atoms. The fourth-order valence-electron chi connectivity index (χ4n) is 2.67. The fourth-order valence-corrected chi connectivity index (χ4v) is 8.00. The summed E-state index contributed by atoms with van der Waals surface area (Å²) in [5, 5.41) is 1.15. The number of rotatable bonds is 3. The Hall–Kier alpha value is 0.217. The van der Waals surface area contributed by atoms with Crippen molar-refractivity contribution >= 4 is 8.80 Å². The lowest BCUT2D eigenvalue weighted by Gasteiger charge is -2.40. The first-order chi connectivity index (χ1) is 6.05. The highest BCUT2D eigenvalue weighted by Gasteiger charge is 2.35. The van der Waals surface area contributed by atoms with Crippen molar-refractivity contribution < 1.29 is 0 Å². The van der Waals surface area contributed by atoms with Crippen molar-refractivity contribution in [2.45, 2.75) is 77.9 Å². The van der Waals surface area contributed by atoms with Crippen LogP contribution >= 0.6 is 0 Å². The summed E-state index contributed by atoms with van der Waals surface area (Å²) in [6, 6.07) is 1.50. The number of hydrogen-bond acceptors (Lipinski definition) is 0. The lowest BCUT2D eigenvalue weighted by atomic mass is 10.2. The molecule has 0 aromatic carbocycles. The van der Waals surface area contributed by atoms with Crippen molar-refractivity contribution in [3.05, 3.63) is 0 Å². The maximum Gasteiger partial charge on any atom is 0.0477 e. The molecule has 86 valence electrons. The standard InChI is InChI=1S/C13H30Si/c1-11(2)9-10-14(12(3,4)5)13(6,7)8/h11,14H,9-10H2,1-8H3. The molecule has 0 saturated carbocycles. The minimum atomic E-state index is -0.666. The normalized spacial score (nSPS) is 14.1. The minimum Gasteiger partial charge on any atom is -0.0628 e. The first kappa shape index (κ1) is 14.2. The van der Waals surface area contributed by atoms with Crippen LogP contribution in [0.5, 0.6) is 0 Å². The van der Waals surface area contributed by atoms with Crippen LogP contribution in [0.3, 0.4) is 0 Å². The van der Waals surface area contributed by atoms with Crippen LogP contribution in [0.4, 0.5) is 0 Å². The highest BCUT2D eigenvalue weighted by molar-refractivity contribution is 6.65. The zero-order chi connectivity index (χ0) is 11.6. The highest BCUT2D eigenvalue weighted by atomic mass is 28.3. The van der Waals surface area contributed by atoms with E-state index in [1.54, 1.807) is 0 Å². The van der Waals surface area contributed by atoms with E-state index in [1.807, 2.05) is 0 Å². The number of hydrogen-bond donors (Lipinski definition) is 0. The molecule has 0 heterocycles. The van der Waals surface area contributed by atoms with Gasteiger partial charge in [0.25, 0.3) is 0 Å². The van der Waals surface area contributed by atoms with Crippen LogP contribution in [-0.4, -0.2) is 8.80 Å². The van der Waals surface area contributed by atoms with E-state index in [2.05, 4.69) is 55.4 Å². The molecule has 0 saturated heterocycles. The Morgan fingerprint density at radius 3 is 1.43 bits per heavy atom. The van der Waals surface area contributed by atoms with E-state index >= 15 is 0 Å². The molecule has 0 spiro atoms. The quantitative estimate of drug-likeness (QED) is 0.589. The Balaban J connectivity index is 4.44. The summed E-state index contributed by atoms with van der Waals surface area (Å²) in [5.41, 5.74) is 0. The van der Waals surface area contributed by atoms with E-state index in [-0.39, 0.29) is 0 Å². The lowest BCUT2D eigenvalue weighted by Crippen LogP contribution is -2.35. The van der Waals surface area contributed by atoms with Crippen molar-refractivity contribution in [3.63, 3.8) is 0 Å². The van der Waals surface area contributed by atoms with Gasteiger partial charge < -0.3 is 0 Å². The summed E-state index contributed by atoms with van der Waals surface area (Å²) in [6.45, 7) is 19.3. The van der Waals surface area contributed by atoms with Crippen LogP contribution in [-0.2, 0) is 0 Å². The third-order valence-electron chi connectivity index (χ3n) is 3.12. The minimum absolute atomic E-state index is 0.577. The topological polar surface area (TPSA) is 0 Å². The Bertz CT molecular complexity index is 143. The summed E-state index contributed by atoms with van der Waals surface area (Å²) in [6.07, 6.45) is 1.42. The van der Waals surface area contributed by atoms with E-state index in [0.717, 1.165) is 5.92 Å². The SMILES string of the molecule is CC(C)CC[SiH](C(C)(C)C)C(C)(C)C. The molecule has 0 aromatic heterocycles. The van der Waals surface area contributed by atoms with Crippen LogP contribution in [0.25, 0.3) is 0 Å². The molecule has 0 aromatic rings. The molecule has 0 nitrogen and oxygen atoms in total. The molecule has 0 rings (SSSR count). The second kappa shape index (κ2) is 4.83. The smallest absolute Gasteiger partial charge is 0.0477 e. The van der Waals surface area contributed by atoms with Gasteiger partial charge in [-0.05, 0) is 16.0 Å². The predicted octanol–water partition coefficient (Wildman–Crippen LogP) is 4.86. The molecule has 0 aliphatic carbocycles. The average Bonchev–Trinajstić information content (AvgIpc) is 1.78. The van der Waals surface area contributed by atoms with E-state index in [9.17, 15) is 0 Å². The fraction of sp³-hybridized carbons (Fsp3) is 1.00. The third-order valence-corrected chi connectivity index (χ3v) is 8.22. The third kappa shape index (κ3) is 5.19. The van der Waals surface area contributed by atoms with Gasteiger partial charge in [0, 0.05) is 8.80 Å². The molecule has 0 N–H and O–H groups in total. The zero-order valence-corrected chi connectivity index (χ0v) is 12.7. The van der Waals surface area contributed by atoms with Gasteiger partial charge in [0.05, 0.1) is 0 Å². The van der Waals surface area contributed by atoms with E-state index in [4.69, 9.17) is 0 Å². The largest absolute Gasteiger partial charge is 0.0628 e. The second-order valence-corrected chi connectivity index (χ2v) is 12.4. The molecule has 0 atom stereocenters. The van der Waals surface area contributed by atoms with E-state index < -0.39 is 8.80 Å². The van der Waals surface area contributed by atoms with Crippen molar-refractivity contribution in [1.29, 1.82) is 0 Å². The van der Waals surface area contributed by atoms with Crippen LogP contribution < -0.4 is 0 Å². The Kier molecular flexibility index (Phi) is 4.90. The van der Waals surface area contributed by atoms with Crippen LogP contribution in [0.1, 0.15) is 61.8 Å². The molecular weight excluding hydrogens is 184 g/mol. The average molecular weight is 214 g/mol. The maximum absolute atomic E-state index is 2.44. The molecule has 1 heteroatoms. The molecule has 0 aliphatic rings. The Morgan fingerprint density at radius 2 is 1.21 bits per heavy atom. The summed E-state index contributed by atoms with van der Waals surface area (Å²) in [4.78, 5) is 0. The van der Waals surface area contributed by atoms with Crippen molar-refractivity contribution in [1.82, 2.24) is 0 Å². The van der Waals surface area contributed by atoms with Crippen LogP contribution in [0.2, 0.25) is 16.1 Å². The van der Waals surface area contributed by atoms with Crippen molar-refractivity contribution in [2.75, 3.05) is 0 Å². The van der Waals surface area contributed by atoms with Gasteiger partial charge >= 0.3 is 0 Å². The monoisotopic (exact) mass is 214 g/mol. The molecule has 0 aliphatic heterocycles. The molecule has 0 fully saturated rings. The maximum atomic E-state index is 2.44. The summed E-state index contributed by atoms with van der Waals surface area (Å²) >= 11 is 0. The van der Waals surface area contributed by atoms with Crippen molar-refractivity contribution in [2.24, 2.45) is 5.92 Å². The molecule has 14 heavy (non-hydrogen) atoms. The van der Waals surface area contributed by atoms with Gasteiger partial charge in [-0.25, -0.2) is 0 Å². The highest BCUT2D eigenvalue weighted by Crippen LogP contribution is 2.44. The van der Waals surface area contributed by atoms with Gasteiger partial charge in [-0.2, -0.15) is 0 Å². The molecular formula is C13H30Si. The molecule has 0 radical (unpaired) electrons. The second-order valence-electron chi connectivity index (χ2n) is 7.26. The van der Waals surface area contributed by atoms with Gasteiger partial charge in [0.1, 0.15) is 0 Å². The van der Waals surface area contributed by atoms with Crippen LogP contribution in [0, 0.1) is 5.92 Å². The van der Waals surface area contributed by atoms with Crippen molar-refractivity contribution in [3.8, 4) is 0 Å². The zero-order valence-electron chi connectivity index (χ0n) is 11.6. The van der Waals surface area contributed by atoms with Gasteiger partial charge in [-0.1, -0.05) is 67.9 Å². The van der Waals surface area contributed by atoms with Gasteiger partial charge in [0.2, 0.25) is 0 Å².